The second kappa shape index (κ2) is 7.34. The van der Waals surface area contributed by atoms with Gasteiger partial charge < -0.3 is 9.67 Å². The van der Waals surface area contributed by atoms with Crippen LogP contribution in [0.15, 0.2) is 11.4 Å². The van der Waals surface area contributed by atoms with E-state index in [0.29, 0.717) is 11.8 Å². The molecular weight excluding hydrogens is 284 g/mol. The van der Waals surface area contributed by atoms with Gasteiger partial charge in [-0.25, -0.2) is 4.98 Å². The van der Waals surface area contributed by atoms with Crippen molar-refractivity contribution in [3.05, 3.63) is 11.9 Å². The van der Waals surface area contributed by atoms with Crippen LogP contribution in [-0.4, -0.2) is 26.4 Å². The highest BCUT2D eigenvalue weighted by Crippen LogP contribution is 2.33. The minimum Gasteiger partial charge on any atom is -0.481 e. The summed E-state index contributed by atoms with van der Waals surface area (Å²) in [5, 5.41) is 9.75. The first kappa shape index (κ1) is 16.4. The predicted octanol–water partition coefficient (Wildman–Crippen LogP) is 4.01. The number of aliphatic carboxylic acids is 1. The zero-order chi connectivity index (χ0) is 15.4. The Morgan fingerprint density at radius 3 is 2.81 bits per heavy atom. The molecule has 1 aliphatic rings. The number of carbonyl (C=O) groups is 1. The fourth-order valence-electron chi connectivity index (χ4n) is 3.16. The Labute approximate surface area is 131 Å². The van der Waals surface area contributed by atoms with Crippen LogP contribution < -0.4 is 0 Å². The van der Waals surface area contributed by atoms with Crippen molar-refractivity contribution in [2.75, 3.05) is 5.75 Å². The van der Waals surface area contributed by atoms with E-state index in [1.54, 1.807) is 0 Å². The highest BCUT2D eigenvalue weighted by molar-refractivity contribution is 7.99. The highest BCUT2D eigenvalue weighted by Gasteiger charge is 2.24. The van der Waals surface area contributed by atoms with Crippen molar-refractivity contribution in [1.82, 2.24) is 9.55 Å². The van der Waals surface area contributed by atoms with E-state index >= 15 is 0 Å². The summed E-state index contributed by atoms with van der Waals surface area (Å²) in [5.41, 5.74) is 1.22. The molecule has 118 valence electrons. The molecule has 5 heteroatoms. The molecule has 4 nitrogen and oxygen atoms in total. The number of nitrogens with zero attached hydrogens (tertiary/aromatic N) is 2. The quantitative estimate of drug-likeness (QED) is 0.807. The molecule has 0 spiro atoms. The van der Waals surface area contributed by atoms with Gasteiger partial charge >= 0.3 is 5.97 Å². The lowest BCUT2D eigenvalue weighted by Crippen LogP contribution is -2.23. The molecule has 1 fully saturated rings. The van der Waals surface area contributed by atoms with Crippen LogP contribution in [0.1, 0.15) is 58.1 Å². The number of thioether (sulfide) groups is 1. The van der Waals surface area contributed by atoms with Gasteiger partial charge in [0.25, 0.3) is 0 Å². The second-order valence-corrected chi connectivity index (χ2v) is 7.38. The molecule has 0 radical (unpaired) electrons. The predicted molar refractivity (Wildman–Crippen MR) is 85.8 cm³/mol. The minimum absolute atomic E-state index is 0.0781. The molecule has 0 saturated heterocycles. The number of rotatable bonds is 6. The summed E-state index contributed by atoms with van der Waals surface area (Å²) >= 11 is 1.34. The normalized spacial score (nSPS) is 22.7. The van der Waals surface area contributed by atoms with Gasteiger partial charge in [0.2, 0.25) is 0 Å². The Morgan fingerprint density at radius 1 is 1.48 bits per heavy atom. The van der Waals surface area contributed by atoms with Crippen LogP contribution in [-0.2, 0) is 11.3 Å². The van der Waals surface area contributed by atoms with Gasteiger partial charge in [0.05, 0.1) is 5.75 Å². The van der Waals surface area contributed by atoms with Gasteiger partial charge in [0, 0.05) is 18.4 Å². The van der Waals surface area contributed by atoms with E-state index in [0.717, 1.165) is 17.6 Å². The van der Waals surface area contributed by atoms with Gasteiger partial charge in [-0.15, -0.1) is 0 Å². The Morgan fingerprint density at radius 2 is 2.19 bits per heavy atom. The second-order valence-electron chi connectivity index (χ2n) is 6.44. The standard InChI is InChI=1S/C16H26N2O2S/c1-11(2)14-8-17-16(21-10-15(19)20)18(14)9-13-7-5-4-6-12(13)3/h8,11-13H,4-7,9-10H2,1-3H3,(H,19,20). The Bertz CT molecular complexity index is 485. The van der Waals surface area contributed by atoms with E-state index in [1.807, 2.05) is 6.20 Å². The van der Waals surface area contributed by atoms with Gasteiger partial charge in [-0.05, 0) is 24.2 Å². The lowest BCUT2D eigenvalue weighted by atomic mass is 9.80. The van der Waals surface area contributed by atoms with Crippen molar-refractivity contribution >= 4 is 17.7 Å². The molecule has 1 aromatic rings. The van der Waals surface area contributed by atoms with Crippen LogP contribution in [0, 0.1) is 11.8 Å². The Balaban J connectivity index is 2.17. The summed E-state index contributed by atoms with van der Waals surface area (Å²) < 4.78 is 2.27. The Hall–Kier alpha value is -0.970. The monoisotopic (exact) mass is 310 g/mol. The lowest BCUT2D eigenvalue weighted by molar-refractivity contribution is -0.133. The smallest absolute Gasteiger partial charge is 0.313 e. The van der Waals surface area contributed by atoms with Crippen molar-refractivity contribution in [3.63, 3.8) is 0 Å². The first-order valence-corrected chi connectivity index (χ1v) is 8.87. The van der Waals surface area contributed by atoms with Crippen LogP contribution in [0.3, 0.4) is 0 Å². The molecule has 1 N–H and O–H groups in total. The third-order valence-electron chi connectivity index (χ3n) is 4.47. The van der Waals surface area contributed by atoms with E-state index in [1.165, 1.54) is 43.1 Å². The average molecular weight is 310 g/mol. The molecule has 2 unspecified atom stereocenters. The zero-order valence-electron chi connectivity index (χ0n) is 13.2. The summed E-state index contributed by atoms with van der Waals surface area (Å²) in [4.78, 5) is 15.3. The van der Waals surface area contributed by atoms with E-state index in [4.69, 9.17) is 5.11 Å². The largest absolute Gasteiger partial charge is 0.481 e. The summed E-state index contributed by atoms with van der Waals surface area (Å²) in [6.07, 6.45) is 7.17. The van der Waals surface area contributed by atoms with Crippen LogP contribution in [0.4, 0.5) is 0 Å². The lowest BCUT2D eigenvalue weighted by Gasteiger charge is -2.30. The molecule has 0 aromatic carbocycles. The fraction of sp³-hybridized carbons (Fsp3) is 0.750. The highest BCUT2D eigenvalue weighted by atomic mass is 32.2. The topological polar surface area (TPSA) is 55.1 Å². The maximum Gasteiger partial charge on any atom is 0.313 e. The molecule has 1 aliphatic carbocycles. The van der Waals surface area contributed by atoms with E-state index in [-0.39, 0.29) is 5.75 Å². The maximum atomic E-state index is 10.8. The van der Waals surface area contributed by atoms with Gasteiger partial charge in [-0.2, -0.15) is 0 Å². The number of hydrogen-bond donors (Lipinski definition) is 1. The summed E-state index contributed by atoms with van der Waals surface area (Å²) in [5.74, 6) is 1.14. The van der Waals surface area contributed by atoms with Gasteiger partial charge in [-0.1, -0.05) is 51.8 Å². The average Bonchev–Trinajstić information content (AvgIpc) is 2.82. The minimum atomic E-state index is -0.785. The van der Waals surface area contributed by atoms with Crippen molar-refractivity contribution in [1.29, 1.82) is 0 Å². The number of carboxylic acid groups (broad SMARTS) is 1. The molecule has 1 aromatic heterocycles. The molecule has 1 saturated carbocycles. The molecule has 21 heavy (non-hydrogen) atoms. The number of hydrogen-bond acceptors (Lipinski definition) is 3. The van der Waals surface area contributed by atoms with Crippen LogP contribution >= 0.6 is 11.8 Å². The van der Waals surface area contributed by atoms with E-state index in [9.17, 15) is 4.79 Å². The first-order chi connectivity index (χ1) is 9.99. The van der Waals surface area contributed by atoms with Crippen LogP contribution in [0.25, 0.3) is 0 Å². The summed E-state index contributed by atoms with van der Waals surface area (Å²) in [6, 6.07) is 0. The third kappa shape index (κ3) is 4.25. The summed E-state index contributed by atoms with van der Waals surface area (Å²) in [7, 11) is 0. The zero-order valence-corrected chi connectivity index (χ0v) is 14.0. The fourth-order valence-corrected chi connectivity index (χ4v) is 3.87. The number of carboxylic acids is 1. The summed E-state index contributed by atoms with van der Waals surface area (Å²) in [6.45, 7) is 7.67. The SMILES string of the molecule is CC(C)c1cnc(SCC(=O)O)n1CC1CCCCC1C. The van der Waals surface area contributed by atoms with Gasteiger partial charge in [-0.3, -0.25) is 4.79 Å². The molecule has 0 amide bonds. The van der Waals surface area contributed by atoms with E-state index < -0.39 is 5.97 Å². The Kier molecular flexibility index (Phi) is 5.73. The number of aromatic nitrogens is 2. The van der Waals surface area contributed by atoms with Gasteiger partial charge in [0.1, 0.15) is 0 Å². The van der Waals surface area contributed by atoms with Crippen molar-refractivity contribution in [2.24, 2.45) is 11.8 Å². The molecule has 0 aliphatic heterocycles. The first-order valence-electron chi connectivity index (χ1n) is 7.89. The molecular formula is C16H26N2O2S. The number of imidazole rings is 1. The molecule has 0 bridgehead atoms. The third-order valence-corrected chi connectivity index (χ3v) is 5.45. The van der Waals surface area contributed by atoms with E-state index in [2.05, 4.69) is 30.3 Å². The molecule has 2 atom stereocenters. The van der Waals surface area contributed by atoms with Crippen LogP contribution in [0.5, 0.6) is 0 Å². The van der Waals surface area contributed by atoms with Gasteiger partial charge in [0.15, 0.2) is 5.16 Å². The van der Waals surface area contributed by atoms with Crippen LogP contribution in [0.2, 0.25) is 0 Å². The molecule has 2 rings (SSSR count). The maximum absolute atomic E-state index is 10.8. The van der Waals surface area contributed by atoms with Crippen molar-refractivity contribution in [3.8, 4) is 0 Å². The molecule has 1 heterocycles. The van der Waals surface area contributed by atoms with Crippen molar-refractivity contribution < 1.29 is 9.90 Å². The van der Waals surface area contributed by atoms with Crippen molar-refractivity contribution in [2.45, 2.75) is 64.1 Å².